The Hall–Kier alpha value is -1.26. The predicted molar refractivity (Wildman–Crippen MR) is 92.8 cm³/mol. The van der Waals surface area contributed by atoms with Gasteiger partial charge in [0.05, 0.1) is 6.10 Å². The maximum atomic E-state index is 5.65. The van der Waals surface area contributed by atoms with Gasteiger partial charge in [-0.3, -0.25) is 4.90 Å². The Morgan fingerprint density at radius 2 is 1.91 bits per heavy atom. The molecule has 2 heterocycles. The molecule has 4 heteroatoms. The Morgan fingerprint density at radius 1 is 1.14 bits per heavy atom. The zero-order chi connectivity index (χ0) is 15.2. The molecule has 22 heavy (non-hydrogen) atoms. The Labute approximate surface area is 134 Å². The molecule has 0 spiro atoms. The van der Waals surface area contributed by atoms with Crippen LogP contribution in [0.5, 0.6) is 0 Å². The van der Waals surface area contributed by atoms with Gasteiger partial charge in [-0.15, -0.1) is 0 Å². The summed E-state index contributed by atoms with van der Waals surface area (Å²) in [6.45, 7) is 10.0. The van der Waals surface area contributed by atoms with Crippen LogP contribution < -0.4 is 10.2 Å². The van der Waals surface area contributed by atoms with Crippen LogP contribution in [0.2, 0.25) is 0 Å². The van der Waals surface area contributed by atoms with E-state index in [2.05, 4.69) is 46.3 Å². The van der Waals surface area contributed by atoms with Crippen molar-refractivity contribution in [3.63, 3.8) is 0 Å². The molecule has 2 aliphatic heterocycles. The van der Waals surface area contributed by atoms with Gasteiger partial charge in [-0.2, -0.15) is 0 Å². The third-order valence-corrected chi connectivity index (χ3v) is 4.70. The van der Waals surface area contributed by atoms with Crippen LogP contribution in [0.3, 0.4) is 0 Å². The number of anilines is 2. The molecule has 1 aromatic carbocycles. The number of nitrogens with one attached hydrogen (secondary N) is 1. The number of benzene rings is 1. The lowest BCUT2D eigenvalue weighted by molar-refractivity contribution is 0.120. The second-order valence-corrected chi connectivity index (χ2v) is 6.39. The van der Waals surface area contributed by atoms with Crippen LogP contribution in [0.15, 0.2) is 24.3 Å². The molecule has 0 radical (unpaired) electrons. The van der Waals surface area contributed by atoms with Gasteiger partial charge in [-0.1, -0.05) is 6.92 Å². The van der Waals surface area contributed by atoms with Crippen LogP contribution >= 0.6 is 0 Å². The lowest BCUT2D eigenvalue weighted by Gasteiger charge is -2.36. The number of hydrogen-bond acceptors (Lipinski definition) is 4. The Morgan fingerprint density at radius 3 is 2.55 bits per heavy atom. The maximum Gasteiger partial charge on any atom is 0.0748 e. The Balaban J connectivity index is 1.47. The van der Waals surface area contributed by atoms with Gasteiger partial charge in [0.2, 0.25) is 0 Å². The highest BCUT2D eigenvalue weighted by Crippen LogP contribution is 2.20. The lowest BCUT2D eigenvalue weighted by Crippen LogP contribution is -2.46. The van der Waals surface area contributed by atoms with Crippen LogP contribution in [0, 0.1) is 0 Å². The minimum Gasteiger partial charge on any atom is -0.382 e. The smallest absolute Gasteiger partial charge is 0.0748 e. The normalized spacial score (nSPS) is 23.0. The first-order valence-electron chi connectivity index (χ1n) is 8.78. The van der Waals surface area contributed by atoms with Gasteiger partial charge in [0.15, 0.2) is 0 Å². The fourth-order valence-electron chi connectivity index (χ4n) is 3.37. The molecular weight excluding hydrogens is 274 g/mol. The standard InChI is InChI=1S/C18H29N3O/c1-2-9-20-10-12-21(13-11-20)17-7-5-16(6-8-17)19-15-18-4-3-14-22-18/h5-8,18-19H,2-4,9-15H2,1H3. The Bertz CT molecular complexity index is 434. The predicted octanol–water partition coefficient (Wildman–Crippen LogP) is 2.81. The largest absolute Gasteiger partial charge is 0.382 e. The fourth-order valence-corrected chi connectivity index (χ4v) is 3.37. The molecule has 0 aromatic heterocycles. The molecule has 1 atom stereocenters. The van der Waals surface area contributed by atoms with Crippen LogP contribution in [0.1, 0.15) is 26.2 Å². The van der Waals surface area contributed by atoms with Gasteiger partial charge in [0.1, 0.15) is 0 Å². The zero-order valence-electron chi connectivity index (χ0n) is 13.8. The molecule has 3 rings (SSSR count). The average Bonchev–Trinajstić information content (AvgIpc) is 3.08. The van der Waals surface area contributed by atoms with Crippen LogP contribution in [0.4, 0.5) is 11.4 Å². The number of hydrogen-bond donors (Lipinski definition) is 1. The van der Waals surface area contributed by atoms with Crippen LogP contribution in [-0.2, 0) is 4.74 Å². The molecule has 2 fully saturated rings. The molecule has 0 amide bonds. The number of ether oxygens (including phenoxy) is 1. The molecule has 4 nitrogen and oxygen atoms in total. The van der Waals surface area contributed by atoms with Gasteiger partial charge >= 0.3 is 0 Å². The number of piperazine rings is 1. The molecule has 0 saturated carbocycles. The number of nitrogens with zero attached hydrogens (tertiary/aromatic N) is 2. The van der Waals surface area contributed by atoms with Crippen molar-refractivity contribution in [1.29, 1.82) is 0 Å². The summed E-state index contributed by atoms with van der Waals surface area (Å²) in [6.07, 6.45) is 4.04. The first-order chi connectivity index (χ1) is 10.8. The molecular formula is C18H29N3O. The topological polar surface area (TPSA) is 27.7 Å². The van der Waals surface area contributed by atoms with E-state index in [0.717, 1.165) is 26.2 Å². The first kappa shape index (κ1) is 15.6. The highest BCUT2D eigenvalue weighted by atomic mass is 16.5. The summed E-state index contributed by atoms with van der Waals surface area (Å²) in [5.41, 5.74) is 2.54. The summed E-state index contributed by atoms with van der Waals surface area (Å²) in [5, 5.41) is 3.49. The maximum absolute atomic E-state index is 5.65. The van der Waals surface area contributed by atoms with Gasteiger partial charge in [0, 0.05) is 50.7 Å². The van der Waals surface area contributed by atoms with E-state index in [4.69, 9.17) is 4.74 Å². The Kier molecular flexibility index (Phi) is 5.57. The fraction of sp³-hybridized carbons (Fsp3) is 0.667. The van der Waals surface area contributed by atoms with Gasteiger partial charge in [-0.25, -0.2) is 0 Å². The van der Waals surface area contributed by atoms with Gasteiger partial charge in [-0.05, 0) is 50.1 Å². The van der Waals surface area contributed by atoms with E-state index in [1.807, 2.05) is 0 Å². The second kappa shape index (κ2) is 7.84. The zero-order valence-corrected chi connectivity index (χ0v) is 13.8. The summed E-state index contributed by atoms with van der Waals surface area (Å²) in [7, 11) is 0. The van der Waals surface area contributed by atoms with Gasteiger partial charge < -0.3 is 15.0 Å². The number of rotatable bonds is 6. The summed E-state index contributed by atoms with van der Waals surface area (Å²) >= 11 is 0. The lowest BCUT2D eigenvalue weighted by atomic mass is 10.2. The van der Waals surface area contributed by atoms with E-state index in [1.165, 1.54) is 50.3 Å². The second-order valence-electron chi connectivity index (χ2n) is 6.39. The van der Waals surface area contributed by atoms with Crippen LogP contribution in [0.25, 0.3) is 0 Å². The molecule has 0 aliphatic carbocycles. The van der Waals surface area contributed by atoms with Crippen molar-refractivity contribution in [2.24, 2.45) is 0 Å². The highest BCUT2D eigenvalue weighted by molar-refractivity contribution is 5.55. The van der Waals surface area contributed by atoms with E-state index in [0.29, 0.717) is 6.10 Å². The van der Waals surface area contributed by atoms with E-state index in [-0.39, 0.29) is 0 Å². The molecule has 1 N–H and O–H groups in total. The van der Waals surface area contributed by atoms with E-state index in [1.54, 1.807) is 0 Å². The van der Waals surface area contributed by atoms with E-state index >= 15 is 0 Å². The minimum absolute atomic E-state index is 0.395. The molecule has 2 saturated heterocycles. The molecule has 122 valence electrons. The van der Waals surface area contributed by atoms with Crippen molar-refractivity contribution in [3.05, 3.63) is 24.3 Å². The van der Waals surface area contributed by atoms with Crippen molar-refractivity contribution in [1.82, 2.24) is 4.90 Å². The summed E-state index contributed by atoms with van der Waals surface area (Å²) < 4.78 is 5.65. The molecule has 1 aromatic rings. The van der Waals surface area contributed by atoms with Crippen LogP contribution in [-0.4, -0.2) is 56.9 Å². The third kappa shape index (κ3) is 4.14. The molecule has 0 bridgehead atoms. The van der Waals surface area contributed by atoms with Crippen molar-refractivity contribution in [2.75, 3.05) is 56.1 Å². The minimum atomic E-state index is 0.395. The molecule has 1 unspecified atom stereocenters. The third-order valence-electron chi connectivity index (χ3n) is 4.70. The van der Waals surface area contributed by atoms with E-state index < -0.39 is 0 Å². The summed E-state index contributed by atoms with van der Waals surface area (Å²) in [4.78, 5) is 5.06. The van der Waals surface area contributed by atoms with Crippen molar-refractivity contribution < 1.29 is 4.74 Å². The summed E-state index contributed by atoms with van der Waals surface area (Å²) in [5.74, 6) is 0. The highest BCUT2D eigenvalue weighted by Gasteiger charge is 2.17. The average molecular weight is 303 g/mol. The summed E-state index contributed by atoms with van der Waals surface area (Å²) in [6, 6.07) is 8.88. The SMILES string of the molecule is CCCN1CCN(c2ccc(NCC3CCCO3)cc2)CC1. The monoisotopic (exact) mass is 303 g/mol. The molecule has 2 aliphatic rings. The van der Waals surface area contributed by atoms with Crippen molar-refractivity contribution >= 4 is 11.4 Å². The quantitative estimate of drug-likeness (QED) is 0.874. The van der Waals surface area contributed by atoms with Gasteiger partial charge in [0.25, 0.3) is 0 Å². The van der Waals surface area contributed by atoms with Crippen molar-refractivity contribution in [3.8, 4) is 0 Å². The van der Waals surface area contributed by atoms with E-state index in [9.17, 15) is 0 Å². The first-order valence-corrected chi connectivity index (χ1v) is 8.78. The van der Waals surface area contributed by atoms with Crippen molar-refractivity contribution in [2.45, 2.75) is 32.3 Å².